The van der Waals surface area contributed by atoms with Gasteiger partial charge in [-0.15, -0.1) is 0 Å². The number of amides is 2. The fraction of sp³-hybridized carbons (Fsp3) is 0.640. The standard InChI is InChI=1S/C25H35N5O4/c1-27-22-18(30(25(27)33)19-9-11-21(31)26-24(19)32)8-10-20(34-2)23(22)29-14-12-28(13-15-29)16-17-6-4-3-5-7-17/h8,10,17,19H,3-7,9,11-16H2,1-2H3,(H,26,31,32). The Hall–Kier alpha value is -2.81. The molecule has 5 rings (SSSR count). The van der Waals surface area contributed by atoms with E-state index < -0.39 is 11.9 Å². The Labute approximate surface area is 199 Å². The van der Waals surface area contributed by atoms with Gasteiger partial charge in [-0.25, -0.2) is 4.79 Å². The van der Waals surface area contributed by atoms with Gasteiger partial charge < -0.3 is 9.64 Å². The lowest BCUT2D eigenvalue weighted by Crippen LogP contribution is -2.48. The third-order valence-corrected chi connectivity index (χ3v) is 7.85. The van der Waals surface area contributed by atoms with E-state index in [1.165, 1.54) is 38.6 Å². The first-order chi connectivity index (χ1) is 16.5. The van der Waals surface area contributed by atoms with Crippen LogP contribution >= 0.6 is 0 Å². The number of rotatable bonds is 5. The Morgan fingerprint density at radius 3 is 2.41 bits per heavy atom. The summed E-state index contributed by atoms with van der Waals surface area (Å²) in [5.41, 5.74) is 2.12. The van der Waals surface area contributed by atoms with Crippen LogP contribution < -0.4 is 20.6 Å². The number of piperidine rings is 1. The van der Waals surface area contributed by atoms with Crippen LogP contribution in [-0.4, -0.2) is 65.7 Å². The van der Waals surface area contributed by atoms with E-state index in [1.54, 1.807) is 23.3 Å². The quantitative estimate of drug-likeness (QED) is 0.674. The summed E-state index contributed by atoms with van der Waals surface area (Å²) in [4.78, 5) is 42.4. The number of nitrogens with zero attached hydrogens (tertiary/aromatic N) is 4. The van der Waals surface area contributed by atoms with Crippen molar-refractivity contribution < 1.29 is 14.3 Å². The van der Waals surface area contributed by atoms with Crippen LogP contribution in [0.3, 0.4) is 0 Å². The number of fused-ring (bicyclic) bond motifs is 1. The van der Waals surface area contributed by atoms with Crippen molar-refractivity contribution in [2.75, 3.05) is 44.7 Å². The van der Waals surface area contributed by atoms with Crippen LogP contribution in [0, 0.1) is 5.92 Å². The summed E-state index contributed by atoms with van der Waals surface area (Å²) >= 11 is 0. The zero-order valence-electron chi connectivity index (χ0n) is 20.2. The number of carbonyl (C=O) groups excluding carboxylic acids is 2. The van der Waals surface area contributed by atoms with Crippen LogP contribution in [0.5, 0.6) is 5.75 Å². The molecule has 2 aromatic rings. The zero-order valence-corrected chi connectivity index (χ0v) is 20.2. The van der Waals surface area contributed by atoms with Crippen LogP contribution in [0.25, 0.3) is 11.0 Å². The highest BCUT2D eigenvalue weighted by atomic mass is 16.5. The van der Waals surface area contributed by atoms with Gasteiger partial charge in [0.1, 0.15) is 17.5 Å². The third kappa shape index (κ3) is 4.10. The second kappa shape index (κ2) is 9.44. The molecule has 0 spiro atoms. The maximum Gasteiger partial charge on any atom is 0.329 e. The fourth-order valence-corrected chi connectivity index (χ4v) is 6.02. The monoisotopic (exact) mass is 469 g/mol. The number of aryl methyl sites for hydroxylation is 1. The molecule has 0 radical (unpaired) electrons. The van der Waals surface area contributed by atoms with E-state index in [4.69, 9.17) is 4.74 Å². The van der Waals surface area contributed by atoms with Crippen molar-refractivity contribution in [2.24, 2.45) is 13.0 Å². The zero-order chi connectivity index (χ0) is 23.8. The van der Waals surface area contributed by atoms with Crippen LogP contribution in [0.2, 0.25) is 0 Å². The fourth-order valence-electron chi connectivity index (χ4n) is 6.02. The molecule has 2 saturated heterocycles. The lowest BCUT2D eigenvalue weighted by molar-refractivity contribution is -0.135. The van der Waals surface area contributed by atoms with Crippen molar-refractivity contribution in [2.45, 2.75) is 51.0 Å². The maximum atomic E-state index is 13.3. The number of hydrogen-bond donors (Lipinski definition) is 1. The lowest BCUT2D eigenvalue weighted by Gasteiger charge is -2.39. The van der Waals surface area contributed by atoms with Crippen LogP contribution in [-0.2, 0) is 16.6 Å². The molecule has 1 aromatic heterocycles. The number of methoxy groups -OCH3 is 1. The maximum absolute atomic E-state index is 13.3. The molecule has 1 atom stereocenters. The van der Waals surface area contributed by atoms with Gasteiger partial charge in [0.2, 0.25) is 11.8 Å². The molecule has 3 fully saturated rings. The minimum absolute atomic E-state index is 0.227. The number of benzene rings is 1. The topological polar surface area (TPSA) is 88.8 Å². The molecule has 3 aliphatic rings. The van der Waals surface area contributed by atoms with Crippen molar-refractivity contribution in [1.82, 2.24) is 19.4 Å². The summed E-state index contributed by atoms with van der Waals surface area (Å²) in [6.07, 6.45) is 7.36. The number of aromatic nitrogens is 2. The molecule has 9 heteroatoms. The first-order valence-electron chi connectivity index (χ1n) is 12.6. The minimum Gasteiger partial charge on any atom is -0.494 e. The lowest BCUT2D eigenvalue weighted by atomic mass is 9.89. The number of nitrogens with one attached hydrogen (secondary N) is 1. The Morgan fingerprint density at radius 1 is 1.00 bits per heavy atom. The summed E-state index contributed by atoms with van der Waals surface area (Å²) in [6, 6.07) is 3.04. The third-order valence-electron chi connectivity index (χ3n) is 7.85. The molecule has 1 aromatic carbocycles. The normalized spacial score (nSPS) is 22.9. The largest absolute Gasteiger partial charge is 0.494 e. The molecule has 2 amide bonds. The summed E-state index contributed by atoms with van der Waals surface area (Å²) in [5, 5.41) is 2.38. The van der Waals surface area contributed by atoms with Gasteiger partial charge in [-0.1, -0.05) is 19.3 Å². The molecule has 1 N–H and O–H groups in total. The number of hydrogen-bond acceptors (Lipinski definition) is 6. The van der Waals surface area contributed by atoms with Gasteiger partial charge in [0.25, 0.3) is 0 Å². The van der Waals surface area contributed by atoms with E-state index in [-0.39, 0.29) is 18.0 Å². The van der Waals surface area contributed by atoms with Crippen molar-refractivity contribution in [1.29, 1.82) is 0 Å². The molecule has 1 saturated carbocycles. The van der Waals surface area contributed by atoms with Gasteiger partial charge in [-0.05, 0) is 37.3 Å². The molecule has 9 nitrogen and oxygen atoms in total. The predicted octanol–water partition coefficient (Wildman–Crippen LogP) is 2.03. The number of ether oxygens (including phenoxy) is 1. The van der Waals surface area contributed by atoms with E-state index in [0.29, 0.717) is 11.9 Å². The Balaban J connectivity index is 1.45. The Bertz CT molecular complexity index is 1140. The molecule has 1 aliphatic carbocycles. The smallest absolute Gasteiger partial charge is 0.329 e. The number of imide groups is 1. The average Bonchev–Trinajstić information content (AvgIpc) is 3.10. The SMILES string of the molecule is COc1ccc2c(c1N1CCN(CC3CCCCC3)CC1)n(C)c(=O)n2C1CCC(=O)NC1=O. The molecule has 34 heavy (non-hydrogen) atoms. The van der Waals surface area contributed by atoms with E-state index in [0.717, 1.165) is 49.1 Å². The Morgan fingerprint density at radius 2 is 1.74 bits per heavy atom. The van der Waals surface area contributed by atoms with Crippen molar-refractivity contribution in [3.05, 3.63) is 22.6 Å². The number of imidazole rings is 1. The second-order valence-electron chi connectivity index (χ2n) is 9.95. The molecule has 0 bridgehead atoms. The first kappa shape index (κ1) is 23.0. The van der Waals surface area contributed by atoms with E-state index in [1.807, 2.05) is 12.1 Å². The highest BCUT2D eigenvalue weighted by Gasteiger charge is 2.33. The van der Waals surface area contributed by atoms with Crippen molar-refractivity contribution >= 4 is 28.5 Å². The average molecular weight is 470 g/mol. The van der Waals surface area contributed by atoms with Crippen molar-refractivity contribution in [3.8, 4) is 5.75 Å². The summed E-state index contributed by atoms with van der Waals surface area (Å²) in [5.74, 6) is 0.841. The van der Waals surface area contributed by atoms with Crippen LogP contribution in [0.1, 0.15) is 51.0 Å². The number of piperazine rings is 1. The van der Waals surface area contributed by atoms with Gasteiger partial charge in [0, 0.05) is 46.2 Å². The highest BCUT2D eigenvalue weighted by molar-refractivity contribution is 6.01. The van der Waals surface area contributed by atoms with Crippen LogP contribution in [0.4, 0.5) is 5.69 Å². The van der Waals surface area contributed by atoms with E-state index in [9.17, 15) is 14.4 Å². The van der Waals surface area contributed by atoms with Gasteiger partial charge in [-0.2, -0.15) is 0 Å². The highest BCUT2D eigenvalue weighted by Crippen LogP contribution is 2.38. The van der Waals surface area contributed by atoms with Gasteiger partial charge in [0.15, 0.2) is 0 Å². The summed E-state index contributed by atoms with van der Waals surface area (Å²) in [7, 11) is 3.40. The predicted molar refractivity (Wildman–Crippen MR) is 130 cm³/mol. The first-order valence-corrected chi connectivity index (χ1v) is 12.6. The summed E-state index contributed by atoms with van der Waals surface area (Å²) < 4.78 is 8.89. The van der Waals surface area contributed by atoms with Gasteiger partial charge in [0.05, 0.1) is 18.1 Å². The second-order valence-corrected chi connectivity index (χ2v) is 9.95. The number of carbonyl (C=O) groups is 2. The molecule has 2 aliphatic heterocycles. The summed E-state index contributed by atoms with van der Waals surface area (Å²) in [6.45, 7) is 4.87. The molecular formula is C25H35N5O4. The molecule has 3 heterocycles. The molecule has 184 valence electrons. The minimum atomic E-state index is -0.692. The van der Waals surface area contributed by atoms with Crippen molar-refractivity contribution in [3.63, 3.8) is 0 Å². The Kier molecular flexibility index (Phi) is 6.38. The van der Waals surface area contributed by atoms with E-state index >= 15 is 0 Å². The van der Waals surface area contributed by atoms with Crippen LogP contribution in [0.15, 0.2) is 16.9 Å². The molecule has 1 unspecified atom stereocenters. The van der Waals surface area contributed by atoms with E-state index in [2.05, 4.69) is 15.1 Å². The van der Waals surface area contributed by atoms with Gasteiger partial charge >= 0.3 is 5.69 Å². The van der Waals surface area contributed by atoms with Gasteiger partial charge in [-0.3, -0.25) is 28.9 Å². The number of anilines is 1. The molecular weight excluding hydrogens is 434 g/mol.